The van der Waals surface area contributed by atoms with Crippen LogP contribution in [0.1, 0.15) is 56.9 Å². The highest BCUT2D eigenvalue weighted by Crippen LogP contribution is 2.50. The zero-order valence-corrected chi connectivity index (χ0v) is 27.3. The largest absolute Gasteiger partial charge is 0.508 e. The second kappa shape index (κ2) is 11.5. The third kappa shape index (κ3) is 5.24. The molecule has 4 aromatic rings. The number of anilines is 1. The van der Waals surface area contributed by atoms with Gasteiger partial charge in [-0.25, -0.2) is 8.78 Å². The lowest BCUT2D eigenvalue weighted by Crippen LogP contribution is -2.51. The van der Waals surface area contributed by atoms with Crippen LogP contribution >= 0.6 is 0 Å². The fourth-order valence-electron chi connectivity index (χ4n) is 9.18. The van der Waals surface area contributed by atoms with E-state index in [0.29, 0.717) is 53.9 Å². The summed E-state index contributed by atoms with van der Waals surface area (Å²) in [5, 5.41) is 25.1. The second-order valence-corrected chi connectivity index (χ2v) is 15.0. The van der Waals surface area contributed by atoms with Gasteiger partial charge in [0.05, 0.1) is 18.2 Å². The minimum Gasteiger partial charge on any atom is -0.508 e. The summed E-state index contributed by atoms with van der Waals surface area (Å²) < 4.78 is 39.7. The van der Waals surface area contributed by atoms with E-state index in [1.165, 1.54) is 18.2 Å². The number of aromatic nitrogens is 2. The van der Waals surface area contributed by atoms with Gasteiger partial charge in [0, 0.05) is 77.0 Å². The minimum atomic E-state index is -0.849. The number of phenolic OH excluding ortho intramolecular Hbond substituents is 1. The molecule has 49 heavy (non-hydrogen) atoms. The lowest BCUT2D eigenvalue weighted by molar-refractivity contribution is 0.0760. The van der Waals surface area contributed by atoms with E-state index in [9.17, 15) is 10.4 Å². The first-order valence-electron chi connectivity index (χ1n) is 17.5. The Bertz CT molecular complexity index is 2060. The van der Waals surface area contributed by atoms with Crippen LogP contribution in [-0.2, 0) is 0 Å². The maximum atomic E-state index is 17.0. The van der Waals surface area contributed by atoms with Gasteiger partial charge in [0.15, 0.2) is 5.82 Å². The molecule has 4 saturated heterocycles. The van der Waals surface area contributed by atoms with Crippen molar-refractivity contribution in [3.05, 3.63) is 53.6 Å². The van der Waals surface area contributed by atoms with Crippen LogP contribution in [0.25, 0.3) is 32.8 Å². The summed E-state index contributed by atoms with van der Waals surface area (Å²) in [6.07, 6.45) is 14.1. The molecular weight excluding hydrogens is 622 g/mol. The zero-order valence-electron chi connectivity index (χ0n) is 27.3. The van der Waals surface area contributed by atoms with Crippen LogP contribution < -0.4 is 15.0 Å². The number of rotatable bonds is 7. The molecule has 250 valence electrons. The van der Waals surface area contributed by atoms with E-state index in [2.05, 4.69) is 32.1 Å². The van der Waals surface area contributed by atoms with Crippen molar-refractivity contribution in [2.75, 3.05) is 31.1 Å². The van der Waals surface area contributed by atoms with Crippen molar-refractivity contribution in [1.82, 2.24) is 20.2 Å². The van der Waals surface area contributed by atoms with Crippen molar-refractivity contribution >= 4 is 27.5 Å². The molecule has 8 nitrogen and oxygen atoms in total. The number of nitrogens with one attached hydrogen (secondary N) is 1. The molecule has 1 saturated carbocycles. The van der Waals surface area contributed by atoms with Gasteiger partial charge in [-0.3, -0.25) is 4.90 Å². The molecule has 1 aromatic heterocycles. The van der Waals surface area contributed by atoms with Crippen molar-refractivity contribution in [2.45, 2.75) is 75.5 Å². The molecule has 4 unspecified atom stereocenters. The maximum Gasteiger partial charge on any atom is 0.319 e. The van der Waals surface area contributed by atoms with Gasteiger partial charge in [0.25, 0.3) is 0 Å². The van der Waals surface area contributed by atoms with Gasteiger partial charge in [-0.1, -0.05) is 18.1 Å². The molecule has 4 aliphatic heterocycles. The number of benzene rings is 3. The summed E-state index contributed by atoms with van der Waals surface area (Å²) >= 11 is 0. The number of piperazine rings is 1. The highest BCUT2D eigenvalue weighted by molar-refractivity contribution is 6.04. The highest BCUT2D eigenvalue weighted by Gasteiger charge is 2.50. The molecule has 5 heterocycles. The van der Waals surface area contributed by atoms with Crippen LogP contribution in [0.5, 0.6) is 11.8 Å². The summed E-state index contributed by atoms with van der Waals surface area (Å²) in [5.74, 6) is 1.48. The van der Waals surface area contributed by atoms with Gasteiger partial charge in [0.2, 0.25) is 0 Å². The van der Waals surface area contributed by atoms with E-state index < -0.39 is 11.6 Å². The first-order valence-corrected chi connectivity index (χ1v) is 17.5. The van der Waals surface area contributed by atoms with Crippen molar-refractivity contribution in [1.29, 1.82) is 5.26 Å². The number of nitrogens with zero attached hydrogens (tertiary/aromatic N) is 5. The number of ether oxygens (including phenoxy) is 1. The molecule has 0 spiro atoms. The first kappa shape index (κ1) is 30.5. The van der Waals surface area contributed by atoms with E-state index in [1.807, 2.05) is 0 Å². The Balaban J connectivity index is 1.11. The highest BCUT2D eigenvalue weighted by atomic mass is 19.1. The molecule has 5 aliphatic rings. The standard InChI is InChI=1S/C39H38F2N6O2/c1-2-23-4-3-5-24-14-29(48)15-30(33(23)24)34-32(40)16-31-36(35(34)41)44-38(45-37(31)46-18-25-6-7-26(19-46)43-25)49-21-39(10-11-39)20-47-27-8-9-28(47)13-22(12-27)17-42/h1,3-5,14-16,22,25-28,43,48H,6-13,18-21H2. The van der Waals surface area contributed by atoms with Gasteiger partial charge in [0.1, 0.15) is 22.9 Å². The maximum absolute atomic E-state index is 17.0. The molecule has 4 atom stereocenters. The molecule has 5 fully saturated rings. The number of fused-ring (bicyclic) bond motifs is 6. The molecular formula is C39H38F2N6O2. The van der Waals surface area contributed by atoms with Crippen LogP contribution in [0.2, 0.25) is 0 Å². The molecule has 2 N–H and O–H groups in total. The monoisotopic (exact) mass is 660 g/mol. The van der Waals surface area contributed by atoms with E-state index in [1.54, 1.807) is 18.2 Å². The lowest BCUT2D eigenvalue weighted by atomic mass is 9.90. The van der Waals surface area contributed by atoms with E-state index >= 15 is 8.78 Å². The topological polar surface area (TPSA) is 97.5 Å². The summed E-state index contributed by atoms with van der Waals surface area (Å²) in [7, 11) is 0. The number of terminal acetylenes is 1. The minimum absolute atomic E-state index is 0.0292. The van der Waals surface area contributed by atoms with E-state index in [-0.39, 0.29) is 57.2 Å². The molecule has 1 aliphatic carbocycles. The number of hydrogen-bond donors (Lipinski definition) is 2. The fraction of sp³-hybridized carbons (Fsp3) is 0.462. The van der Waals surface area contributed by atoms with Gasteiger partial charge in [-0.15, -0.1) is 6.42 Å². The summed E-state index contributed by atoms with van der Waals surface area (Å²) in [5.41, 5.74) is 0.261. The van der Waals surface area contributed by atoms with Crippen LogP contribution in [0.3, 0.4) is 0 Å². The third-order valence-electron chi connectivity index (χ3n) is 11.8. The van der Waals surface area contributed by atoms with Crippen molar-refractivity contribution < 1.29 is 18.6 Å². The Morgan fingerprint density at radius 3 is 2.49 bits per heavy atom. The Hall–Kier alpha value is -4.51. The van der Waals surface area contributed by atoms with Gasteiger partial charge < -0.3 is 20.1 Å². The average molecular weight is 661 g/mol. The van der Waals surface area contributed by atoms with Crippen LogP contribution in [0, 0.1) is 46.6 Å². The lowest BCUT2D eigenvalue weighted by Gasteiger charge is -2.39. The molecule has 4 bridgehead atoms. The van der Waals surface area contributed by atoms with Gasteiger partial charge in [-0.2, -0.15) is 15.2 Å². The van der Waals surface area contributed by atoms with E-state index in [0.717, 1.165) is 57.9 Å². The molecule has 0 radical (unpaired) electrons. The molecule has 9 rings (SSSR count). The number of halogens is 2. The number of nitriles is 1. The smallest absolute Gasteiger partial charge is 0.319 e. The Kier molecular flexibility index (Phi) is 7.19. The zero-order chi connectivity index (χ0) is 33.4. The van der Waals surface area contributed by atoms with Crippen LogP contribution in [0.15, 0.2) is 36.4 Å². The Morgan fingerprint density at radius 2 is 1.80 bits per heavy atom. The Labute approximate surface area is 284 Å². The van der Waals surface area contributed by atoms with Crippen molar-refractivity contribution in [3.63, 3.8) is 0 Å². The molecule has 3 aromatic carbocycles. The SMILES string of the molecule is C#Cc1cccc2cc(O)cc(-c3c(F)cc4c(N5CC6CCC(C5)N6)nc(OCC5(CN6C7CCC6CC(C#N)C7)CC5)nc4c3F)c12. The van der Waals surface area contributed by atoms with Crippen LogP contribution in [-0.4, -0.2) is 70.4 Å². The predicted molar refractivity (Wildman–Crippen MR) is 183 cm³/mol. The number of aromatic hydroxyl groups is 1. The van der Waals surface area contributed by atoms with Gasteiger partial charge in [-0.05, 0) is 81.0 Å². The second-order valence-electron chi connectivity index (χ2n) is 15.0. The molecule has 10 heteroatoms. The van der Waals surface area contributed by atoms with Crippen LogP contribution in [0.4, 0.5) is 14.6 Å². The number of piperidine rings is 1. The normalized spacial score (nSPS) is 26.9. The summed E-state index contributed by atoms with van der Waals surface area (Å²) in [4.78, 5) is 14.2. The first-order chi connectivity index (χ1) is 23.8. The fourth-order valence-corrected chi connectivity index (χ4v) is 9.18. The van der Waals surface area contributed by atoms with Gasteiger partial charge >= 0.3 is 6.01 Å². The predicted octanol–water partition coefficient (Wildman–Crippen LogP) is 6.28. The summed E-state index contributed by atoms with van der Waals surface area (Å²) in [6.45, 7) is 2.65. The van der Waals surface area contributed by atoms with Crippen molar-refractivity contribution in [3.8, 4) is 41.3 Å². The Morgan fingerprint density at radius 1 is 1.04 bits per heavy atom. The molecule has 0 amide bonds. The quantitative estimate of drug-likeness (QED) is 0.224. The van der Waals surface area contributed by atoms with E-state index in [4.69, 9.17) is 16.1 Å². The number of hydrogen-bond acceptors (Lipinski definition) is 8. The average Bonchev–Trinajstić information content (AvgIpc) is 3.74. The summed E-state index contributed by atoms with van der Waals surface area (Å²) in [6, 6.07) is 13.4. The van der Waals surface area contributed by atoms with Crippen molar-refractivity contribution in [2.24, 2.45) is 11.3 Å². The number of phenols is 1. The third-order valence-corrected chi connectivity index (χ3v) is 11.8.